The van der Waals surface area contributed by atoms with E-state index in [1.165, 1.54) is 0 Å². The second kappa shape index (κ2) is 23.0. The van der Waals surface area contributed by atoms with Gasteiger partial charge in [0.15, 0.2) is 0 Å². The summed E-state index contributed by atoms with van der Waals surface area (Å²) >= 11 is 0. The van der Waals surface area contributed by atoms with Gasteiger partial charge in [-0.15, -0.1) is 0 Å². The highest BCUT2D eigenvalue weighted by atomic mass is 32.2. The van der Waals surface area contributed by atoms with Gasteiger partial charge < -0.3 is 29.1 Å². The number of sulfonamides is 2. The Morgan fingerprint density at radius 3 is 1.26 bits per heavy atom. The van der Waals surface area contributed by atoms with Crippen molar-refractivity contribution in [3.05, 3.63) is 181 Å². The van der Waals surface area contributed by atoms with Crippen LogP contribution in [0.25, 0.3) is 33.2 Å². The normalized spacial score (nSPS) is 12.1. The second-order valence-electron chi connectivity index (χ2n) is 15.3. The van der Waals surface area contributed by atoms with Gasteiger partial charge in [0.05, 0.1) is 30.2 Å². The quantitative estimate of drug-likeness (QED) is 0.0748. The van der Waals surface area contributed by atoms with E-state index in [0.29, 0.717) is 11.5 Å². The number of para-hydroxylation sites is 4. The van der Waals surface area contributed by atoms with Gasteiger partial charge in [0.25, 0.3) is 0 Å². The van der Waals surface area contributed by atoms with Crippen LogP contribution in [0.2, 0.25) is 0 Å². The molecular weight excluding hydrogens is 903 g/mol. The first-order valence-electron chi connectivity index (χ1n) is 20.9. The maximum absolute atomic E-state index is 12.5. The Bertz CT molecular complexity index is 3160. The van der Waals surface area contributed by atoms with Gasteiger partial charge in [-0.25, -0.2) is 26.3 Å². The summed E-state index contributed by atoms with van der Waals surface area (Å²) in [6, 6.07) is 47.9. The van der Waals surface area contributed by atoms with Crippen LogP contribution in [0, 0.1) is 0 Å². The average Bonchev–Trinajstić information content (AvgIpc) is 3.85. The highest BCUT2D eigenvalue weighted by molar-refractivity contribution is 7.89. The molecule has 8 rings (SSSR count). The molecule has 0 aliphatic heterocycles. The Hall–Kier alpha value is -7.24. The van der Waals surface area contributed by atoms with Gasteiger partial charge in [0, 0.05) is 41.0 Å². The van der Waals surface area contributed by atoms with Crippen LogP contribution < -0.4 is 24.7 Å². The Labute approximate surface area is 398 Å². The van der Waals surface area contributed by atoms with Crippen LogP contribution in [0.15, 0.2) is 170 Å². The number of hydrogen-bond acceptors (Lipinski definition) is 9. The Kier molecular flexibility index (Phi) is 17.5. The summed E-state index contributed by atoms with van der Waals surface area (Å²) in [5.41, 5.74) is 10.8. The first-order chi connectivity index (χ1) is 31.6. The van der Waals surface area contributed by atoms with Crippen LogP contribution in [-0.4, -0.2) is 69.0 Å². The predicted molar refractivity (Wildman–Crippen MR) is 270 cm³/mol. The third-order valence-electron chi connectivity index (χ3n) is 10.3. The van der Waals surface area contributed by atoms with Crippen molar-refractivity contribution in [1.29, 1.82) is 0 Å². The van der Waals surface area contributed by atoms with E-state index in [2.05, 4.69) is 9.44 Å². The molecule has 0 spiro atoms. The Morgan fingerprint density at radius 2 is 0.882 bits per heavy atom. The minimum Gasteiger partial charge on any atom is -0.465 e. The molecule has 6 aromatic carbocycles. The summed E-state index contributed by atoms with van der Waals surface area (Å²) in [5.74, 6) is 1.60. The highest BCUT2D eigenvalue weighted by Crippen LogP contribution is 2.30. The van der Waals surface area contributed by atoms with Crippen molar-refractivity contribution in [2.45, 2.75) is 46.7 Å². The summed E-state index contributed by atoms with van der Waals surface area (Å²) in [6.07, 6.45) is 6.16. The number of esters is 1. The zero-order chi connectivity index (χ0) is 46.8. The molecule has 1 amide bonds. The van der Waals surface area contributed by atoms with Gasteiger partial charge in [-0.05, 0) is 109 Å². The highest BCUT2D eigenvalue weighted by Gasteiger charge is 2.26. The van der Waals surface area contributed by atoms with E-state index in [1.807, 2.05) is 179 Å². The molecule has 8 aromatic rings. The molecule has 0 saturated heterocycles. The first-order valence-corrected chi connectivity index (χ1v) is 24.7. The number of nitrogens with two attached hydrogens (primary N) is 1. The molecule has 2 unspecified atom stereocenters. The molecule has 0 aliphatic carbocycles. The molecule has 356 valence electrons. The number of ether oxygens (including phenoxy) is 3. The lowest BCUT2D eigenvalue weighted by molar-refractivity contribution is -0.145. The molecule has 0 saturated carbocycles. The predicted octanol–water partition coefficient (Wildman–Crippen LogP) is 9.09. The number of amides is 1. The standard InChI is InChI=1S/C26H26N2O5S.C24H23N3O4S.2CH4/c1-3-32-26(29)24(27-34(2,30)31)17-19-18-28(25-12-8-7-11-23(19)25)20-13-15-22(16-14-20)33-21-9-5-4-6-10-21;1-32(29,30)26-22(24(25)28)15-17-16-27(23-10-6-5-9-21(17)23)18-11-13-20(14-12-18)31-19-7-3-2-4-8-19;;/h4-16,18,24,27H,3,17H2,1-2H3;2-14,16,22,26H,15H2,1H3,(H2,25,28);2*1H4. The molecule has 0 radical (unpaired) electrons. The lowest BCUT2D eigenvalue weighted by Crippen LogP contribution is -2.45. The van der Waals surface area contributed by atoms with Crippen molar-refractivity contribution in [1.82, 2.24) is 18.6 Å². The lowest BCUT2D eigenvalue weighted by atomic mass is 10.1. The minimum absolute atomic E-state index is 0. The molecule has 2 aromatic heterocycles. The van der Waals surface area contributed by atoms with Crippen molar-refractivity contribution >= 4 is 53.7 Å². The van der Waals surface area contributed by atoms with Crippen molar-refractivity contribution in [3.8, 4) is 34.4 Å². The average molecular weight is 960 g/mol. The van der Waals surface area contributed by atoms with Crippen molar-refractivity contribution < 1.29 is 40.6 Å². The molecular formula is C52H57N5O9S2. The third kappa shape index (κ3) is 13.7. The molecule has 2 atom stereocenters. The summed E-state index contributed by atoms with van der Waals surface area (Å²) in [7, 11) is -7.20. The van der Waals surface area contributed by atoms with E-state index in [4.69, 9.17) is 19.9 Å². The fraction of sp³-hybridized carbons (Fsp3) is 0.192. The number of nitrogens with one attached hydrogen (secondary N) is 2. The molecule has 4 N–H and O–H groups in total. The van der Waals surface area contributed by atoms with Gasteiger partial charge in [0.2, 0.25) is 26.0 Å². The fourth-order valence-corrected chi connectivity index (χ4v) is 8.84. The van der Waals surface area contributed by atoms with Crippen LogP contribution in [0.4, 0.5) is 0 Å². The van der Waals surface area contributed by atoms with Crippen LogP contribution in [0.3, 0.4) is 0 Å². The number of benzene rings is 6. The van der Waals surface area contributed by atoms with Crippen molar-refractivity contribution in [3.63, 3.8) is 0 Å². The topological polar surface area (TPSA) is 190 Å². The maximum atomic E-state index is 12.5. The molecule has 68 heavy (non-hydrogen) atoms. The zero-order valence-corrected chi connectivity index (χ0v) is 38.0. The smallest absolute Gasteiger partial charge is 0.324 e. The summed E-state index contributed by atoms with van der Waals surface area (Å²) < 4.78 is 72.6. The second-order valence-corrected chi connectivity index (χ2v) is 18.9. The van der Waals surface area contributed by atoms with Crippen molar-refractivity contribution in [2.24, 2.45) is 5.73 Å². The van der Waals surface area contributed by atoms with Gasteiger partial charge in [-0.3, -0.25) is 9.59 Å². The van der Waals surface area contributed by atoms with Crippen LogP contribution >= 0.6 is 0 Å². The number of carbonyl (C=O) groups is 2. The zero-order valence-electron chi connectivity index (χ0n) is 36.4. The van der Waals surface area contributed by atoms with Crippen LogP contribution in [0.1, 0.15) is 32.9 Å². The molecule has 2 heterocycles. The van der Waals surface area contributed by atoms with Gasteiger partial charge >= 0.3 is 5.97 Å². The Morgan fingerprint density at radius 1 is 0.529 bits per heavy atom. The van der Waals surface area contributed by atoms with Gasteiger partial charge in [-0.1, -0.05) is 87.6 Å². The summed E-state index contributed by atoms with van der Waals surface area (Å²) in [5, 5.41) is 1.84. The van der Waals surface area contributed by atoms with Gasteiger partial charge in [0.1, 0.15) is 35.1 Å². The number of rotatable bonds is 17. The summed E-state index contributed by atoms with van der Waals surface area (Å²) in [6.45, 7) is 1.85. The number of carbonyl (C=O) groups excluding carboxylic acids is 2. The van der Waals surface area contributed by atoms with Gasteiger partial charge in [-0.2, -0.15) is 0 Å². The minimum atomic E-state index is -3.61. The van der Waals surface area contributed by atoms with E-state index in [9.17, 15) is 26.4 Å². The number of hydrogen-bond donors (Lipinski definition) is 3. The molecule has 0 bridgehead atoms. The molecule has 16 heteroatoms. The van der Waals surface area contributed by atoms with E-state index in [-0.39, 0.29) is 34.3 Å². The molecule has 14 nitrogen and oxygen atoms in total. The first kappa shape index (κ1) is 51.7. The monoisotopic (exact) mass is 959 g/mol. The van der Waals surface area contributed by atoms with E-state index < -0.39 is 44.0 Å². The van der Waals surface area contributed by atoms with Crippen LogP contribution in [0.5, 0.6) is 23.0 Å². The summed E-state index contributed by atoms with van der Waals surface area (Å²) in [4.78, 5) is 24.3. The van der Waals surface area contributed by atoms with Crippen molar-refractivity contribution in [2.75, 3.05) is 19.1 Å². The SMILES string of the molecule is C.C.CCOC(=O)C(Cc1cn(-c2ccc(Oc3ccccc3)cc2)c2ccccc12)NS(C)(=O)=O.CS(=O)(=O)NC(Cc1cn(-c2ccc(Oc3ccccc3)cc2)c2ccccc12)C(N)=O. The molecule has 0 aliphatic rings. The van der Waals surface area contributed by atoms with E-state index >= 15 is 0 Å². The van der Waals surface area contributed by atoms with E-state index in [0.717, 1.165) is 68.3 Å². The largest absolute Gasteiger partial charge is 0.465 e. The molecule has 0 fully saturated rings. The van der Waals surface area contributed by atoms with Crippen LogP contribution in [-0.2, 0) is 47.2 Å². The Balaban J connectivity index is 0.000000247. The number of fused-ring (bicyclic) bond motifs is 2. The third-order valence-corrected chi connectivity index (χ3v) is 11.7. The number of aromatic nitrogens is 2. The lowest BCUT2D eigenvalue weighted by Gasteiger charge is -2.15. The van der Waals surface area contributed by atoms with E-state index in [1.54, 1.807) is 6.92 Å². The fourth-order valence-electron chi connectivity index (χ4n) is 7.42. The maximum Gasteiger partial charge on any atom is 0.324 e. The number of nitrogens with zero attached hydrogens (tertiary/aromatic N) is 2. The number of primary amides is 1.